The first-order valence-corrected chi connectivity index (χ1v) is 8.34. The van der Waals surface area contributed by atoms with Crippen molar-refractivity contribution in [2.45, 2.75) is 57.3 Å². The molecule has 1 aliphatic carbocycles. The van der Waals surface area contributed by atoms with Crippen LogP contribution in [0.25, 0.3) is 0 Å². The summed E-state index contributed by atoms with van der Waals surface area (Å²) in [6, 6.07) is 3.86. The third kappa shape index (κ3) is 2.44. The molecular formula is C18H24O4. The average Bonchev–Trinajstić information content (AvgIpc) is 2.79. The Morgan fingerprint density at radius 3 is 2.55 bits per heavy atom. The molecule has 1 fully saturated rings. The van der Waals surface area contributed by atoms with Crippen molar-refractivity contribution in [2.24, 2.45) is 0 Å². The maximum atomic E-state index is 12.1. The van der Waals surface area contributed by atoms with Crippen molar-refractivity contribution >= 4 is 5.97 Å². The zero-order valence-corrected chi connectivity index (χ0v) is 13.2. The lowest BCUT2D eigenvalue weighted by atomic mass is 9.67. The topological polar surface area (TPSA) is 55.8 Å². The lowest BCUT2D eigenvalue weighted by Crippen LogP contribution is -2.38. The third-order valence-corrected chi connectivity index (χ3v) is 5.00. The molecule has 0 aromatic heterocycles. The molecule has 1 saturated carbocycles. The van der Waals surface area contributed by atoms with Crippen LogP contribution in [0.1, 0.15) is 56.6 Å². The Morgan fingerprint density at radius 1 is 1.14 bits per heavy atom. The van der Waals surface area contributed by atoms with E-state index in [-0.39, 0.29) is 0 Å². The molecule has 1 heterocycles. The summed E-state index contributed by atoms with van der Waals surface area (Å²) in [5.74, 6) is 0.828. The molecule has 4 heteroatoms. The van der Waals surface area contributed by atoms with E-state index in [1.807, 2.05) is 12.1 Å². The van der Waals surface area contributed by atoms with Crippen molar-refractivity contribution in [1.82, 2.24) is 0 Å². The van der Waals surface area contributed by atoms with Crippen LogP contribution in [0.15, 0.2) is 12.1 Å². The zero-order valence-electron chi connectivity index (χ0n) is 13.2. The van der Waals surface area contributed by atoms with Gasteiger partial charge in [-0.3, -0.25) is 4.79 Å². The summed E-state index contributed by atoms with van der Waals surface area (Å²) in [6.07, 6.45) is 6.13. The maximum Gasteiger partial charge on any atom is 0.314 e. The molecule has 0 radical (unpaired) electrons. The van der Waals surface area contributed by atoms with Gasteiger partial charge in [0.05, 0.1) is 18.6 Å². The summed E-state index contributed by atoms with van der Waals surface area (Å²) in [5, 5.41) is 9.95. The van der Waals surface area contributed by atoms with Gasteiger partial charge in [-0.25, -0.2) is 0 Å². The second kappa shape index (κ2) is 6.19. The van der Waals surface area contributed by atoms with E-state index >= 15 is 0 Å². The first-order valence-electron chi connectivity index (χ1n) is 8.34. The van der Waals surface area contributed by atoms with E-state index in [1.54, 1.807) is 0 Å². The highest BCUT2D eigenvalue weighted by Crippen LogP contribution is 2.46. The molecular weight excluding hydrogens is 280 g/mol. The molecule has 1 aromatic carbocycles. The minimum atomic E-state index is -0.756. The average molecular weight is 304 g/mol. The van der Waals surface area contributed by atoms with Crippen molar-refractivity contribution in [1.29, 1.82) is 0 Å². The SMILES string of the molecule is CCc1c(C2(C(=O)O)CCCCC2)ccc2c1OCCCO2. The van der Waals surface area contributed by atoms with Gasteiger partial charge in [-0.05, 0) is 30.9 Å². The predicted octanol–water partition coefficient (Wildman–Crippen LogP) is 3.70. The zero-order chi connectivity index (χ0) is 15.6. The predicted molar refractivity (Wildman–Crippen MR) is 83.8 cm³/mol. The molecule has 4 nitrogen and oxygen atoms in total. The molecule has 0 spiro atoms. The summed E-state index contributed by atoms with van der Waals surface area (Å²) < 4.78 is 11.7. The molecule has 0 atom stereocenters. The number of fused-ring (bicyclic) bond motifs is 1. The van der Waals surface area contributed by atoms with E-state index in [0.29, 0.717) is 13.2 Å². The lowest BCUT2D eigenvalue weighted by molar-refractivity contribution is -0.145. The molecule has 0 saturated heterocycles. The molecule has 0 amide bonds. The molecule has 1 aromatic rings. The van der Waals surface area contributed by atoms with Crippen LogP contribution in [-0.4, -0.2) is 24.3 Å². The lowest BCUT2D eigenvalue weighted by Gasteiger charge is -2.35. The molecule has 22 heavy (non-hydrogen) atoms. The highest BCUT2D eigenvalue weighted by Gasteiger charge is 2.43. The number of aliphatic carboxylic acids is 1. The number of hydrogen-bond donors (Lipinski definition) is 1. The van der Waals surface area contributed by atoms with Crippen molar-refractivity contribution in [2.75, 3.05) is 13.2 Å². The van der Waals surface area contributed by atoms with Crippen LogP contribution >= 0.6 is 0 Å². The van der Waals surface area contributed by atoms with E-state index in [9.17, 15) is 9.90 Å². The highest BCUT2D eigenvalue weighted by atomic mass is 16.5. The summed E-state index contributed by atoms with van der Waals surface area (Å²) in [4.78, 5) is 12.1. The Morgan fingerprint density at radius 2 is 1.86 bits per heavy atom. The van der Waals surface area contributed by atoms with Crippen LogP contribution in [0.4, 0.5) is 0 Å². The molecule has 2 aliphatic rings. The van der Waals surface area contributed by atoms with Gasteiger partial charge in [0.15, 0.2) is 11.5 Å². The van der Waals surface area contributed by atoms with Crippen molar-refractivity contribution in [3.05, 3.63) is 23.3 Å². The fourth-order valence-electron chi connectivity index (χ4n) is 3.85. The highest BCUT2D eigenvalue weighted by molar-refractivity contribution is 5.83. The van der Waals surface area contributed by atoms with Crippen LogP contribution in [-0.2, 0) is 16.6 Å². The number of carboxylic acid groups (broad SMARTS) is 1. The van der Waals surface area contributed by atoms with Crippen LogP contribution in [0.5, 0.6) is 11.5 Å². The van der Waals surface area contributed by atoms with Crippen LogP contribution < -0.4 is 9.47 Å². The Labute approximate surface area is 131 Å². The van der Waals surface area contributed by atoms with Crippen LogP contribution in [0, 0.1) is 0 Å². The molecule has 1 N–H and O–H groups in total. The van der Waals surface area contributed by atoms with E-state index in [2.05, 4.69) is 6.92 Å². The van der Waals surface area contributed by atoms with Gasteiger partial charge in [0.25, 0.3) is 0 Å². The van der Waals surface area contributed by atoms with E-state index in [4.69, 9.17) is 9.47 Å². The van der Waals surface area contributed by atoms with Crippen LogP contribution in [0.2, 0.25) is 0 Å². The summed E-state index contributed by atoms with van der Waals surface area (Å²) >= 11 is 0. The third-order valence-electron chi connectivity index (χ3n) is 5.00. The van der Waals surface area contributed by atoms with E-state index in [1.165, 1.54) is 0 Å². The number of benzene rings is 1. The number of carboxylic acids is 1. The first kappa shape index (κ1) is 15.2. The Hall–Kier alpha value is -1.71. The number of carbonyl (C=O) groups is 1. The Kier molecular flexibility index (Phi) is 4.27. The standard InChI is InChI=1S/C18H24O4/c1-2-13-14(18(17(19)20)9-4-3-5-10-18)7-8-15-16(13)22-12-6-11-21-15/h7-8H,2-6,9-12H2,1H3,(H,19,20). The van der Waals surface area contributed by atoms with Gasteiger partial charge in [0, 0.05) is 12.0 Å². The van der Waals surface area contributed by atoms with E-state index < -0.39 is 11.4 Å². The molecule has 3 rings (SSSR count). The second-order valence-corrected chi connectivity index (χ2v) is 6.27. The minimum absolute atomic E-state index is 0.628. The number of ether oxygens (including phenoxy) is 2. The van der Waals surface area contributed by atoms with Gasteiger partial charge in [-0.1, -0.05) is 32.3 Å². The monoisotopic (exact) mass is 304 g/mol. The summed E-state index contributed by atoms with van der Waals surface area (Å²) in [6.45, 7) is 3.34. The van der Waals surface area contributed by atoms with Gasteiger partial charge in [-0.15, -0.1) is 0 Å². The summed E-state index contributed by atoms with van der Waals surface area (Å²) in [5.41, 5.74) is 1.20. The fourth-order valence-corrected chi connectivity index (χ4v) is 3.85. The van der Waals surface area contributed by atoms with Crippen LogP contribution in [0.3, 0.4) is 0 Å². The van der Waals surface area contributed by atoms with Crippen molar-refractivity contribution < 1.29 is 19.4 Å². The Balaban J connectivity index is 2.13. The normalized spacial score (nSPS) is 20.2. The largest absolute Gasteiger partial charge is 0.490 e. The van der Waals surface area contributed by atoms with Gasteiger partial charge in [0.2, 0.25) is 0 Å². The van der Waals surface area contributed by atoms with Gasteiger partial charge in [-0.2, -0.15) is 0 Å². The van der Waals surface area contributed by atoms with Gasteiger partial charge in [0.1, 0.15) is 0 Å². The minimum Gasteiger partial charge on any atom is -0.490 e. The van der Waals surface area contributed by atoms with Gasteiger partial charge < -0.3 is 14.6 Å². The molecule has 0 bridgehead atoms. The molecule has 120 valence electrons. The fraction of sp³-hybridized carbons (Fsp3) is 0.611. The summed E-state index contributed by atoms with van der Waals surface area (Å²) in [7, 11) is 0. The maximum absolute atomic E-state index is 12.1. The molecule has 1 aliphatic heterocycles. The Bertz CT molecular complexity index is 558. The quantitative estimate of drug-likeness (QED) is 0.925. The van der Waals surface area contributed by atoms with Gasteiger partial charge >= 0.3 is 5.97 Å². The van der Waals surface area contributed by atoms with E-state index in [0.717, 1.165) is 67.6 Å². The smallest absolute Gasteiger partial charge is 0.314 e. The van der Waals surface area contributed by atoms with Crippen molar-refractivity contribution in [3.63, 3.8) is 0 Å². The first-order chi connectivity index (χ1) is 10.7. The second-order valence-electron chi connectivity index (χ2n) is 6.27. The number of rotatable bonds is 3. The number of hydrogen-bond acceptors (Lipinski definition) is 3. The van der Waals surface area contributed by atoms with Crippen molar-refractivity contribution in [3.8, 4) is 11.5 Å². The molecule has 0 unspecified atom stereocenters.